The molecule has 1 nitrogen and oxygen atoms in total. The number of hydrogen-bond acceptors (Lipinski definition) is 1. The Morgan fingerprint density at radius 2 is 1.63 bits per heavy atom. The third kappa shape index (κ3) is 3.65. The first-order chi connectivity index (χ1) is 9.10. The lowest BCUT2D eigenvalue weighted by Gasteiger charge is -2.12. The van der Waals surface area contributed by atoms with Crippen molar-refractivity contribution in [2.75, 3.05) is 0 Å². The Kier molecular flexibility index (Phi) is 4.73. The molecule has 0 fully saturated rings. The Morgan fingerprint density at radius 1 is 0.947 bits per heavy atom. The van der Waals surface area contributed by atoms with Crippen LogP contribution in [0, 0.1) is 13.8 Å². The molecule has 2 aromatic carbocycles. The fraction of sp³-hybridized carbons (Fsp3) is 0.250. The van der Waals surface area contributed by atoms with E-state index < -0.39 is 0 Å². The SMILES string of the molecule is Cc1ccc(COc2ccc(C)cc2CCl)c(Cl)c1. The van der Waals surface area contributed by atoms with E-state index in [0.717, 1.165) is 27.5 Å². The quantitative estimate of drug-likeness (QED) is 0.698. The molecule has 100 valence electrons. The molecular formula is C16H16Cl2O. The van der Waals surface area contributed by atoms with Gasteiger partial charge in [0.05, 0.1) is 5.88 Å². The lowest BCUT2D eigenvalue weighted by atomic mass is 10.1. The Bertz CT molecular complexity index is 579. The smallest absolute Gasteiger partial charge is 0.124 e. The van der Waals surface area contributed by atoms with E-state index in [4.69, 9.17) is 27.9 Å². The number of hydrogen-bond donors (Lipinski definition) is 0. The van der Waals surface area contributed by atoms with Crippen molar-refractivity contribution >= 4 is 23.2 Å². The average Bonchev–Trinajstić information content (AvgIpc) is 2.39. The summed E-state index contributed by atoms with van der Waals surface area (Å²) in [7, 11) is 0. The molecule has 0 spiro atoms. The van der Waals surface area contributed by atoms with E-state index in [0.29, 0.717) is 12.5 Å². The molecule has 0 heterocycles. The van der Waals surface area contributed by atoms with Crippen molar-refractivity contribution in [2.24, 2.45) is 0 Å². The highest BCUT2D eigenvalue weighted by atomic mass is 35.5. The predicted molar refractivity (Wildman–Crippen MR) is 81.3 cm³/mol. The number of benzene rings is 2. The maximum Gasteiger partial charge on any atom is 0.124 e. The van der Waals surface area contributed by atoms with Crippen molar-refractivity contribution in [1.29, 1.82) is 0 Å². The molecule has 0 unspecified atom stereocenters. The second-order valence-corrected chi connectivity index (χ2v) is 5.30. The van der Waals surface area contributed by atoms with Gasteiger partial charge < -0.3 is 4.74 Å². The molecule has 0 atom stereocenters. The highest BCUT2D eigenvalue weighted by Gasteiger charge is 2.06. The Balaban J connectivity index is 2.14. The van der Waals surface area contributed by atoms with Crippen molar-refractivity contribution in [3.05, 3.63) is 63.7 Å². The van der Waals surface area contributed by atoms with Gasteiger partial charge >= 0.3 is 0 Å². The molecular weight excluding hydrogens is 279 g/mol. The molecule has 0 saturated heterocycles. The lowest BCUT2D eigenvalue weighted by Crippen LogP contribution is -1.99. The summed E-state index contributed by atoms with van der Waals surface area (Å²) in [6, 6.07) is 12.0. The van der Waals surface area contributed by atoms with E-state index >= 15 is 0 Å². The van der Waals surface area contributed by atoms with Crippen LogP contribution in [-0.4, -0.2) is 0 Å². The highest BCUT2D eigenvalue weighted by Crippen LogP contribution is 2.25. The van der Waals surface area contributed by atoms with E-state index in [-0.39, 0.29) is 0 Å². The number of alkyl halides is 1. The molecule has 19 heavy (non-hydrogen) atoms. The van der Waals surface area contributed by atoms with Gasteiger partial charge in [0.15, 0.2) is 0 Å². The maximum atomic E-state index is 6.19. The van der Waals surface area contributed by atoms with Crippen LogP contribution in [0.2, 0.25) is 5.02 Å². The van der Waals surface area contributed by atoms with Gasteiger partial charge in [-0.25, -0.2) is 0 Å². The maximum absolute atomic E-state index is 6.19. The molecule has 0 aliphatic heterocycles. The molecule has 0 aliphatic rings. The standard InChI is InChI=1S/C16H16Cl2O/c1-11-4-6-16(14(7-11)9-17)19-10-13-5-3-12(2)8-15(13)18/h3-8H,9-10H2,1-2H3. The Hall–Kier alpha value is -1.18. The molecule has 0 radical (unpaired) electrons. The van der Waals surface area contributed by atoms with E-state index in [1.807, 2.05) is 50.2 Å². The zero-order valence-corrected chi connectivity index (χ0v) is 12.6. The van der Waals surface area contributed by atoms with Gasteiger partial charge in [-0.3, -0.25) is 0 Å². The fourth-order valence-corrected chi connectivity index (χ4v) is 2.38. The van der Waals surface area contributed by atoms with Gasteiger partial charge in [-0.15, -0.1) is 11.6 Å². The second kappa shape index (κ2) is 6.31. The van der Waals surface area contributed by atoms with Crippen LogP contribution < -0.4 is 4.74 Å². The first kappa shape index (κ1) is 14.2. The summed E-state index contributed by atoms with van der Waals surface area (Å²) in [4.78, 5) is 0. The minimum absolute atomic E-state index is 0.443. The summed E-state index contributed by atoms with van der Waals surface area (Å²) in [5.41, 5.74) is 4.31. The number of ether oxygens (including phenoxy) is 1. The van der Waals surface area contributed by atoms with Crippen molar-refractivity contribution in [2.45, 2.75) is 26.3 Å². The minimum atomic E-state index is 0.443. The van der Waals surface area contributed by atoms with Crippen LogP contribution in [0.3, 0.4) is 0 Å². The largest absolute Gasteiger partial charge is 0.489 e. The van der Waals surface area contributed by atoms with Crippen LogP contribution in [-0.2, 0) is 12.5 Å². The Labute approximate surface area is 124 Å². The third-order valence-electron chi connectivity index (χ3n) is 2.95. The van der Waals surface area contributed by atoms with Gasteiger partial charge in [-0.2, -0.15) is 0 Å². The fourth-order valence-electron chi connectivity index (χ4n) is 1.88. The van der Waals surface area contributed by atoms with Gasteiger partial charge in [0.2, 0.25) is 0 Å². The van der Waals surface area contributed by atoms with Crippen molar-refractivity contribution in [1.82, 2.24) is 0 Å². The number of halogens is 2. The summed E-state index contributed by atoms with van der Waals surface area (Å²) in [6.07, 6.45) is 0. The van der Waals surface area contributed by atoms with Crippen molar-refractivity contribution < 1.29 is 4.74 Å². The minimum Gasteiger partial charge on any atom is -0.489 e. The van der Waals surface area contributed by atoms with Crippen LogP contribution in [0.15, 0.2) is 36.4 Å². The summed E-state index contributed by atoms with van der Waals surface area (Å²) in [6.45, 7) is 4.50. The van der Waals surface area contributed by atoms with E-state index in [1.54, 1.807) is 0 Å². The van der Waals surface area contributed by atoms with E-state index in [1.165, 1.54) is 5.56 Å². The first-order valence-corrected chi connectivity index (χ1v) is 7.04. The molecule has 0 amide bonds. The summed E-state index contributed by atoms with van der Waals surface area (Å²) >= 11 is 12.1. The summed E-state index contributed by atoms with van der Waals surface area (Å²) in [5.74, 6) is 1.26. The monoisotopic (exact) mass is 294 g/mol. The average molecular weight is 295 g/mol. The molecule has 0 bridgehead atoms. The van der Waals surface area contributed by atoms with Gasteiger partial charge in [-0.1, -0.05) is 41.4 Å². The molecule has 2 aromatic rings. The topological polar surface area (TPSA) is 9.23 Å². The van der Waals surface area contributed by atoms with Gasteiger partial charge in [-0.05, 0) is 31.5 Å². The summed E-state index contributed by atoms with van der Waals surface area (Å²) < 4.78 is 5.82. The van der Waals surface area contributed by atoms with Crippen LogP contribution in [0.4, 0.5) is 0 Å². The Morgan fingerprint density at radius 3 is 2.32 bits per heavy atom. The zero-order valence-electron chi connectivity index (χ0n) is 11.0. The molecule has 0 saturated carbocycles. The first-order valence-electron chi connectivity index (χ1n) is 6.13. The zero-order chi connectivity index (χ0) is 13.8. The molecule has 2 rings (SSSR count). The lowest BCUT2D eigenvalue weighted by molar-refractivity contribution is 0.304. The third-order valence-corrected chi connectivity index (χ3v) is 3.59. The van der Waals surface area contributed by atoms with Crippen LogP contribution in [0.5, 0.6) is 5.75 Å². The number of aryl methyl sites for hydroxylation is 2. The predicted octanol–water partition coefficient (Wildman–Crippen LogP) is 5.27. The van der Waals surface area contributed by atoms with Crippen molar-refractivity contribution in [3.8, 4) is 5.75 Å². The van der Waals surface area contributed by atoms with Gasteiger partial charge in [0.25, 0.3) is 0 Å². The van der Waals surface area contributed by atoms with E-state index in [2.05, 4.69) is 0 Å². The highest BCUT2D eigenvalue weighted by molar-refractivity contribution is 6.31. The van der Waals surface area contributed by atoms with Gasteiger partial charge in [0, 0.05) is 16.1 Å². The van der Waals surface area contributed by atoms with Crippen LogP contribution >= 0.6 is 23.2 Å². The van der Waals surface area contributed by atoms with Crippen LogP contribution in [0.25, 0.3) is 0 Å². The number of rotatable bonds is 4. The molecule has 3 heteroatoms. The normalized spacial score (nSPS) is 10.5. The summed E-state index contributed by atoms with van der Waals surface area (Å²) in [5, 5.41) is 0.736. The molecule has 0 N–H and O–H groups in total. The van der Waals surface area contributed by atoms with Crippen LogP contribution in [0.1, 0.15) is 22.3 Å². The molecule has 0 aliphatic carbocycles. The van der Waals surface area contributed by atoms with Crippen molar-refractivity contribution in [3.63, 3.8) is 0 Å². The van der Waals surface area contributed by atoms with Gasteiger partial charge in [0.1, 0.15) is 12.4 Å². The second-order valence-electron chi connectivity index (χ2n) is 4.63. The molecule has 0 aromatic heterocycles. The van der Waals surface area contributed by atoms with E-state index in [9.17, 15) is 0 Å².